The maximum Gasteiger partial charge on any atom is 0.309 e. The van der Waals surface area contributed by atoms with Gasteiger partial charge in [0.15, 0.2) is 11.9 Å². The molecule has 1 saturated heterocycles. The normalized spacial score (nSPS) is 17.4. The zero-order valence-electron chi connectivity index (χ0n) is 16.2. The number of Topliss-reactive ketones (excluding diaryl/α,β-unsaturated/α-hetero) is 1. The van der Waals surface area contributed by atoms with Crippen molar-refractivity contribution < 1.29 is 22.7 Å². The molecule has 3 rings (SSSR count). The molecule has 0 aliphatic carbocycles. The molecule has 0 saturated carbocycles. The molecule has 2 heterocycles. The van der Waals surface area contributed by atoms with E-state index in [4.69, 9.17) is 4.74 Å². The molecule has 0 bridgehead atoms. The lowest BCUT2D eigenvalue weighted by Gasteiger charge is -2.30. The molecule has 0 unspecified atom stereocenters. The molecule has 0 N–H and O–H groups in total. The van der Waals surface area contributed by atoms with Crippen molar-refractivity contribution in [2.24, 2.45) is 5.92 Å². The molecule has 0 amide bonds. The van der Waals surface area contributed by atoms with Crippen molar-refractivity contribution >= 4 is 32.7 Å². The van der Waals surface area contributed by atoms with Crippen LogP contribution in [0.4, 0.5) is 0 Å². The van der Waals surface area contributed by atoms with Crippen LogP contribution in [0.15, 0.2) is 35.4 Å². The van der Waals surface area contributed by atoms with E-state index in [0.29, 0.717) is 18.4 Å². The van der Waals surface area contributed by atoms with Crippen molar-refractivity contribution in [3.63, 3.8) is 0 Å². The first kappa shape index (κ1) is 20.4. The molecule has 8 heteroatoms. The highest BCUT2D eigenvalue weighted by molar-refractivity contribution is 7.89. The van der Waals surface area contributed by atoms with E-state index in [0.717, 1.165) is 10.9 Å². The highest BCUT2D eigenvalue weighted by Gasteiger charge is 2.34. The van der Waals surface area contributed by atoms with Crippen molar-refractivity contribution in [2.75, 3.05) is 13.1 Å². The molecule has 1 fully saturated rings. The lowest BCUT2D eigenvalue weighted by atomic mass is 9.98. The Hall–Kier alpha value is -2.32. The van der Waals surface area contributed by atoms with E-state index in [-0.39, 0.29) is 23.8 Å². The maximum atomic E-state index is 13.2. The predicted octanol–water partition coefficient (Wildman–Crippen LogP) is 2.46. The number of carbonyl (C=O) groups excluding carboxylic acids is 2. The second-order valence-electron chi connectivity index (χ2n) is 7.21. The molecule has 1 aromatic heterocycles. The van der Waals surface area contributed by atoms with E-state index >= 15 is 0 Å². The van der Waals surface area contributed by atoms with Gasteiger partial charge in [-0.15, -0.1) is 0 Å². The van der Waals surface area contributed by atoms with Crippen LogP contribution in [-0.4, -0.2) is 48.7 Å². The van der Waals surface area contributed by atoms with Gasteiger partial charge >= 0.3 is 5.97 Å². The Morgan fingerprint density at radius 1 is 1.25 bits per heavy atom. The van der Waals surface area contributed by atoms with Gasteiger partial charge in [-0.25, -0.2) is 8.42 Å². The summed E-state index contributed by atoms with van der Waals surface area (Å²) in [6.45, 7) is 5.25. The fourth-order valence-corrected chi connectivity index (χ4v) is 4.91. The predicted molar refractivity (Wildman–Crippen MR) is 104 cm³/mol. The number of para-hydroxylation sites is 1. The maximum absolute atomic E-state index is 13.2. The van der Waals surface area contributed by atoms with Gasteiger partial charge < -0.3 is 4.74 Å². The molecule has 7 nitrogen and oxygen atoms in total. The van der Waals surface area contributed by atoms with Crippen LogP contribution < -0.4 is 0 Å². The zero-order valence-corrected chi connectivity index (χ0v) is 17.0. The SMILES string of the molecule is CC(=O)[C@H](C)OC(=O)C1CCN(S(=O)(=O)c2cccc3cc(C)cnc23)CC1. The van der Waals surface area contributed by atoms with Gasteiger partial charge in [0.25, 0.3) is 0 Å². The number of piperidine rings is 1. The molecule has 150 valence electrons. The first-order valence-corrected chi connectivity index (χ1v) is 10.7. The minimum atomic E-state index is -3.72. The third-order valence-electron chi connectivity index (χ3n) is 5.08. The van der Waals surface area contributed by atoms with Crippen molar-refractivity contribution in [2.45, 2.75) is 44.6 Å². The summed E-state index contributed by atoms with van der Waals surface area (Å²) in [7, 11) is -3.72. The Kier molecular flexibility index (Phi) is 5.81. The van der Waals surface area contributed by atoms with Crippen LogP contribution in [0.2, 0.25) is 0 Å². The van der Waals surface area contributed by atoms with Crippen LogP contribution in [0.5, 0.6) is 0 Å². The van der Waals surface area contributed by atoms with Crippen molar-refractivity contribution in [1.82, 2.24) is 9.29 Å². The third-order valence-corrected chi connectivity index (χ3v) is 7.01. The first-order valence-electron chi connectivity index (χ1n) is 9.26. The molecule has 2 aromatic rings. The van der Waals surface area contributed by atoms with Crippen molar-refractivity contribution in [3.8, 4) is 0 Å². The van der Waals surface area contributed by atoms with Crippen LogP contribution in [0.3, 0.4) is 0 Å². The molecule has 0 spiro atoms. The highest BCUT2D eigenvalue weighted by Crippen LogP contribution is 2.28. The van der Waals surface area contributed by atoms with E-state index in [1.165, 1.54) is 18.2 Å². The quantitative estimate of drug-likeness (QED) is 0.711. The smallest absolute Gasteiger partial charge is 0.309 e. The molecule has 28 heavy (non-hydrogen) atoms. The van der Waals surface area contributed by atoms with E-state index < -0.39 is 28.0 Å². The third kappa shape index (κ3) is 4.07. The number of ketones is 1. The zero-order chi connectivity index (χ0) is 20.5. The average molecular weight is 404 g/mol. The second-order valence-corrected chi connectivity index (χ2v) is 9.12. The van der Waals surface area contributed by atoms with Crippen molar-refractivity contribution in [3.05, 3.63) is 36.0 Å². The summed E-state index contributed by atoms with van der Waals surface area (Å²) < 4.78 is 32.9. The van der Waals surface area contributed by atoms with Gasteiger partial charge in [0.2, 0.25) is 10.0 Å². The van der Waals surface area contributed by atoms with E-state index in [1.807, 2.05) is 19.1 Å². The summed E-state index contributed by atoms with van der Waals surface area (Å²) in [5.41, 5.74) is 1.41. The fourth-order valence-electron chi connectivity index (χ4n) is 3.28. The first-order chi connectivity index (χ1) is 13.2. The van der Waals surface area contributed by atoms with Crippen LogP contribution in [0, 0.1) is 12.8 Å². The molecular formula is C20H24N2O5S. The number of nitrogens with zero attached hydrogens (tertiary/aromatic N) is 2. The summed E-state index contributed by atoms with van der Waals surface area (Å²) in [6.07, 6.45) is 1.60. The van der Waals surface area contributed by atoms with E-state index in [2.05, 4.69) is 4.98 Å². The Morgan fingerprint density at radius 3 is 2.57 bits per heavy atom. The van der Waals surface area contributed by atoms with E-state index in [9.17, 15) is 18.0 Å². The minimum absolute atomic E-state index is 0.177. The summed E-state index contributed by atoms with van der Waals surface area (Å²) >= 11 is 0. The van der Waals surface area contributed by atoms with Gasteiger partial charge in [0, 0.05) is 24.7 Å². The van der Waals surface area contributed by atoms with Crippen LogP contribution in [-0.2, 0) is 24.3 Å². The molecule has 0 radical (unpaired) electrons. The van der Waals surface area contributed by atoms with Gasteiger partial charge in [-0.3, -0.25) is 14.6 Å². The number of esters is 1. The topological polar surface area (TPSA) is 93.6 Å². The fraction of sp³-hybridized carbons (Fsp3) is 0.450. The van der Waals surface area contributed by atoms with Gasteiger partial charge in [-0.1, -0.05) is 12.1 Å². The van der Waals surface area contributed by atoms with Gasteiger partial charge in [-0.2, -0.15) is 4.31 Å². The number of sulfonamides is 1. The van der Waals surface area contributed by atoms with Crippen LogP contribution in [0.1, 0.15) is 32.3 Å². The number of benzene rings is 1. The Balaban J connectivity index is 1.75. The monoisotopic (exact) mass is 404 g/mol. The Bertz CT molecular complexity index is 1010. The number of carbonyl (C=O) groups is 2. The molecular weight excluding hydrogens is 380 g/mol. The number of ether oxygens (including phenoxy) is 1. The number of aromatic nitrogens is 1. The van der Waals surface area contributed by atoms with Crippen LogP contribution in [0.25, 0.3) is 10.9 Å². The minimum Gasteiger partial charge on any atom is -0.454 e. The number of hydrogen-bond acceptors (Lipinski definition) is 6. The van der Waals surface area contributed by atoms with Crippen LogP contribution >= 0.6 is 0 Å². The summed E-state index contributed by atoms with van der Waals surface area (Å²) in [5.74, 6) is -1.06. The largest absolute Gasteiger partial charge is 0.454 e. The molecule has 1 aliphatic heterocycles. The van der Waals surface area contributed by atoms with E-state index in [1.54, 1.807) is 18.3 Å². The summed E-state index contributed by atoms with van der Waals surface area (Å²) in [5, 5.41) is 0.776. The average Bonchev–Trinajstić information content (AvgIpc) is 2.67. The van der Waals surface area contributed by atoms with Gasteiger partial charge in [0.05, 0.1) is 11.4 Å². The second kappa shape index (κ2) is 7.97. The van der Waals surface area contributed by atoms with Gasteiger partial charge in [-0.05, 0) is 51.3 Å². The Labute approximate surface area is 164 Å². The number of hydrogen-bond donors (Lipinski definition) is 0. The molecule has 1 aliphatic rings. The lowest BCUT2D eigenvalue weighted by Crippen LogP contribution is -2.41. The summed E-state index contributed by atoms with van der Waals surface area (Å²) in [6, 6.07) is 7.02. The standard InChI is InChI=1S/C20H24N2O5S/c1-13-11-17-5-4-6-18(19(17)21-12-13)28(25,26)22-9-7-16(8-10-22)20(24)27-15(3)14(2)23/h4-6,11-12,15-16H,7-10H2,1-3H3/t15-/m0/s1. The Morgan fingerprint density at radius 2 is 1.93 bits per heavy atom. The molecule has 1 atom stereocenters. The summed E-state index contributed by atoms with van der Waals surface area (Å²) in [4.78, 5) is 28.0. The number of fused-ring (bicyclic) bond motifs is 1. The molecule has 1 aromatic carbocycles. The number of rotatable bonds is 5. The van der Waals surface area contributed by atoms with Gasteiger partial charge in [0.1, 0.15) is 4.90 Å². The lowest BCUT2D eigenvalue weighted by molar-refractivity contribution is -0.158. The highest BCUT2D eigenvalue weighted by atomic mass is 32.2. The van der Waals surface area contributed by atoms with Crippen molar-refractivity contribution in [1.29, 1.82) is 0 Å². The number of pyridine rings is 1. The number of aryl methyl sites for hydroxylation is 1.